The van der Waals surface area contributed by atoms with E-state index in [1.165, 1.54) is 11.8 Å². The average Bonchev–Trinajstić information content (AvgIpc) is 3.56. The zero-order chi connectivity index (χ0) is 31.7. The molecule has 0 saturated heterocycles. The van der Waals surface area contributed by atoms with E-state index in [0.29, 0.717) is 16.9 Å². The van der Waals surface area contributed by atoms with Gasteiger partial charge in [-0.2, -0.15) is 0 Å². The molecule has 7 nitrogen and oxygen atoms in total. The van der Waals surface area contributed by atoms with E-state index in [4.69, 9.17) is 0 Å². The lowest BCUT2D eigenvalue weighted by Gasteiger charge is -2.12. The Morgan fingerprint density at radius 3 is 2.17 bits per heavy atom. The smallest absolute Gasteiger partial charge is 0.272 e. The van der Waals surface area contributed by atoms with Crippen molar-refractivity contribution in [3.63, 3.8) is 0 Å². The summed E-state index contributed by atoms with van der Waals surface area (Å²) in [6.07, 6.45) is 3.51. The summed E-state index contributed by atoms with van der Waals surface area (Å²) in [5, 5.41) is 9.68. The lowest BCUT2D eigenvalue weighted by atomic mass is 10.0. The van der Waals surface area contributed by atoms with Crippen molar-refractivity contribution in [2.75, 3.05) is 16.4 Å². The number of hydrogen-bond acceptors (Lipinski definition) is 4. The van der Waals surface area contributed by atoms with Gasteiger partial charge in [-0.15, -0.1) is 11.8 Å². The molecule has 1 heterocycles. The summed E-state index contributed by atoms with van der Waals surface area (Å²) >= 11 is 1.36. The number of benzene rings is 5. The molecular weight excluding hydrogens is 593 g/mol. The van der Waals surface area contributed by atoms with Crippen LogP contribution in [-0.2, 0) is 9.59 Å². The number of aromatic amines is 1. The Morgan fingerprint density at radius 1 is 0.674 bits per heavy atom. The topological polar surface area (TPSA) is 103 Å². The Balaban J connectivity index is 1.14. The molecule has 0 spiro atoms. The van der Waals surface area contributed by atoms with Crippen molar-refractivity contribution in [2.45, 2.75) is 4.90 Å². The van der Waals surface area contributed by atoms with E-state index in [0.717, 1.165) is 32.5 Å². The fraction of sp³-hybridized carbons (Fsp3) is 0.0263. The SMILES string of the molecule is O=C(CSc1cccc(NC(=O)/C(=C\c2ccc(-c3ccccc3)cc2)NC(=O)c2ccccc2)c1)Nc1ccc2cc[nH]c2c1. The Kier molecular flexibility index (Phi) is 9.37. The molecule has 0 aliphatic carbocycles. The highest BCUT2D eigenvalue weighted by molar-refractivity contribution is 8.00. The van der Waals surface area contributed by atoms with Crippen LogP contribution in [0.25, 0.3) is 28.1 Å². The molecule has 6 aromatic rings. The second-order valence-corrected chi connectivity index (χ2v) is 11.5. The van der Waals surface area contributed by atoms with Crippen LogP contribution < -0.4 is 16.0 Å². The summed E-state index contributed by atoms with van der Waals surface area (Å²) in [5.41, 5.74) is 5.61. The van der Waals surface area contributed by atoms with Crippen molar-refractivity contribution in [3.05, 3.63) is 156 Å². The number of amides is 3. The van der Waals surface area contributed by atoms with E-state index in [2.05, 4.69) is 20.9 Å². The summed E-state index contributed by atoms with van der Waals surface area (Å²) in [6.45, 7) is 0. The summed E-state index contributed by atoms with van der Waals surface area (Å²) in [6, 6.07) is 41.4. The number of carbonyl (C=O) groups is 3. The van der Waals surface area contributed by atoms with Gasteiger partial charge in [-0.1, -0.05) is 84.9 Å². The molecule has 0 unspecified atom stereocenters. The third-order valence-corrected chi connectivity index (χ3v) is 8.15. The molecule has 0 fully saturated rings. The van der Waals surface area contributed by atoms with Gasteiger partial charge in [-0.05, 0) is 76.7 Å². The number of carbonyl (C=O) groups excluding carboxylic acids is 3. The quantitative estimate of drug-likeness (QED) is 0.0919. The minimum absolute atomic E-state index is 0.0952. The van der Waals surface area contributed by atoms with Gasteiger partial charge in [0.1, 0.15) is 5.70 Å². The normalized spacial score (nSPS) is 11.2. The fourth-order valence-electron chi connectivity index (χ4n) is 4.85. The van der Waals surface area contributed by atoms with Crippen molar-refractivity contribution < 1.29 is 14.4 Å². The molecule has 226 valence electrons. The van der Waals surface area contributed by atoms with Crippen molar-refractivity contribution >= 4 is 57.8 Å². The molecule has 4 N–H and O–H groups in total. The minimum atomic E-state index is -0.476. The van der Waals surface area contributed by atoms with Crippen molar-refractivity contribution in [2.24, 2.45) is 0 Å². The van der Waals surface area contributed by atoms with Gasteiger partial charge in [0, 0.05) is 33.5 Å². The number of nitrogens with one attached hydrogen (secondary N) is 4. The van der Waals surface area contributed by atoms with E-state index in [9.17, 15) is 14.4 Å². The molecule has 0 bridgehead atoms. The Labute approximate surface area is 270 Å². The molecule has 0 aliphatic heterocycles. The number of anilines is 2. The number of H-pyrrole nitrogens is 1. The van der Waals surface area contributed by atoms with Gasteiger partial charge in [-0.25, -0.2) is 0 Å². The predicted molar refractivity (Wildman–Crippen MR) is 186 cm³/mol. The summed E-state index contributed by atoms with van der Waals surface area (Å²) in [7, 11) is 0. The van der Waals surface area contributed by atoms with Crippen LogP contribution in [0.3, 0.4) is 0 Å². The zero-order valence-corrected chi connectivity index (χ0v) is 25.5. The molecule has 8 heteroatoms. The minimum Gasteiger partial charge on any atom is -0.361 e. The Hall–Kier alpha value is -5.86. The first-order valence-electron chi connectivity index (χ1n) is 14.6. The van der Waals surface area contributed by atoms with Crippen LogP contribution in [0.2, 0.25) is 0 Å². The van der Waals surface area contributed by atoms with Crippen molar-refractivity contribution in [1.29, 1.82) is 0 Å². The van der Waals surface area contributed by atoms with Crippen LogP contribution in [0.1, 0.15) is 15.9 Å². The third kappa shape index (κ3) is 7.80. The van der Waals surface area contributed by atoms with Gasteiger partial charge in [0.15, 0.2) is 0 Å². The molecule has 0 aliphatic rings. The highest BCUT2D eigenvalue weighted by Crippen LogP contribution is 2.24. The van der Waals surface area contributed by atoms with Crippen LogP contribution >= 0.6 is 11.8 Å². The van der Waals surface area contributed by atoms with Gasteiger partial charge in [0.25, 0.3) is 11.8 Å². The second kappa shape index (κ2) is 14.3. The first-order chi connectivity index (χ1) is 22.5. The number of fused-ring (bicyclic) bond motifs is 1. The molecule has 0 atom stereocenters. The largest absolute Gasteiger partial charge is 0.361 e. The molecular formula is C38H30N4O3S. The monoisotopic (exact) mass is 622 g/mol. The van der Waals surface area contributed by atoms with E-state index in [1.54, 1.807) is 42.5 Å². The van der Waals surface area contributed by atoms with E-state index in [1.807, 2.05) is 103 Å². The summed E-state index contributed by atoms with van der Waals surface area (Å²) in [4.78, 5) is 43.2. The highest BCUT2D eigenvalue weighted by Gasteiger charge is 2.16. The lowest BCUT2D eigenvalue weighted by molar-refractivity contribution is -0.114. The molecule has 46 heavy (non-hydrogen) atoms. The standard InChI is InChI=1S/C38H30N4O3S/c43-36(40-32-19-18-29-20-21-39-34(29)24-32)25-46-33-13-7-12-31(23-33)41-38(45)35(42-37(44)30-10-5-2-6-11-30)22-26-14-16-28(17-15-26)27-8-3-1-4-9-27/h1-24,39H,25H2,(H,40,43)(H,41,45)(H,42,44)/b35-22+. The lowest BCUT2D eigenvalue weighted by Crippen LogP contribution is -2.30. The number of hydrogen-bond donors (Lipinski definition) is 4. The second-order valence-electron chi connectivity index (χ2n) is 10.5. The maximum absolute atomic E-state index is 13.6. The number of rotatable bonds is 10. The summed E-state index contributed by atoms with van der Waals surface area (Å²) < 4.78 is 0. The zero-order valence-electron chi connectivity index (χ0n) is 24.7. The van der Waals surface area contributed by atoms with Crippen molar-refractivity contribution in [1.82, 2.24) is 10.3 Å². The molecule has 5 aromatic carbocycles. The van der Waals surface area contributed by atoms with Crippen LogP contribution in [-0.4, -0.2) is 28.5 Å². The van der Waals surface area contributed by atoms with Crippen LogP contribution in [0.15, 0.2) is 150 Å². The number of aromatic nitrogens is 1. The summed E-state index contributed by atoms with van der Waals surface area (Å²) in [5.74, 6) is -0.820. The van der Waals surface area contributed by atoms with E-state index in [-0.39, 0.29) is 17.4 Å². The first kappa shape index (κ1) is 30.2. The van der Waals surface area contributed by atoms with Gasteiger partial charge < -0.3 is 20.9 Å². The molecule has 1 aromatic heterocycles. The average molecular weight is 623 g/mol. The molecule has 0 saturated carbocycles. The molecule has 6 rings (SSSR count). The van der Waals surface area contributed by atoms with E-state index >= 15 is 0 Å². The predicted octanol–water partition coefficient (Wildman–Crippen LogP) is 7.98. The van der Waals surface area contributed by atoms with Crippen LogP contribution in [0.4, 0.5) is 11.4 Å². The highest BCUT2D eigenvalue weighted by atomic mass is 32.2. The van der Waals surface area contributed by atoms with Gasteiger partial charge in [0.05, 0.1) is 5.75 Å². The van der Waals surface area contributed by atoms with Crippen molar-refractivity contribution in [3.8, 4) is 11.1 Å². The first-order valence-corrected chi connectivity index (χ1v) is 15.6. The number of thioether (sulfide) groups is 1. The van der Waals surface area contributed by atoms with Gasteiger partial charge in [0.2, 0.25) is 5.91 Å². The van der Waals surface area contributed by atoms with Crippen LogP contribution in [0, 0.1) is 0 Å². The van der Waals surface area contributed by atoms with Crippen LogP contribution in [0.5, 0.6) is 0 Å². The van der Waals surface area contributed by atoms with Gasteiger partial charge in [-0.3, -0.25) is 14.4 Å². The Bertz CT molecular complexity index is 2020. The van der Waals surface area contributed by atoms with Gasteiger partial charge >= 0.3 is 0 Å². The molecule has 0 radical (unpaired) electrons. The Morgan fingerprint density at radius 2 is 1.39 bits per heavy atom. The fourth-order valence-corrected chi connectivity index (χ4v) is 5.60. The maximum Gasteiger partial charge on any atom is 0.272 e. The third-order valence-electron chi connectivity index (χ3n) is 7.16. The maximum atomic E-state index is 13.6. The van der Waals surface area contributed by atoms with E-state index < -0.39 is 11.8 Å². The molecule has 3 amide bonds.